The lowest BCUT2D eigenvalue weighted by Gasteiger charge is -2.34. The summed E-state index contributed by atoms with van der Waals surface area (Å²) in [6, 6.07) is 8.97. The van der Waals surface area contributed by atoms with Crippen molar-refractivity contribution in [3.8, 4) is 17.1 Å². The number of nitrogens with one attached hydrogen (secondary N) is 1. The summed E-state index contributed by atoms with van der Waals surface area (Å²) in [6.45, 7) is 3.76. The van der Waals surface area contributed by atoms with Gasteiger partial charge in [-0.15, -0.1) is 24.8 Å². The van der Waals surface area contributed by atoms with Crippen molar-refractivity contribution in [3.05, 3.63) is 59.0 Å². The molecule has 2 saturated heterocycles. The Kier molecular flexibility index (Phi) is 10.0. The van der Waals surface area contributed by atoms with E-state index in [4.69, 9.17) is 9.72 Å². The summed E-state index contributed by atoms with van der Waals surface area (Å²) in [7, 11) is 0. The van der Waals surface area contributed by atoms with Crippen molar-refractivity contribution in [2.24, 2.45) is 0 Å². The van der Waals surface area contributed by atoms with Crippen molar-refractivity contribution >= 4 is 30.8 Å². The fourth-order valence-electron chi connectivity index (χ4n) is 6.15. The smallest absolute Gasteiger partial charge is 0.333 e. The number of ether oxygens (including phenoxy) is 1. The molecular weight excluding hydrogens is 542 g/mol. The van der Waals surface area contributed by atoms with Gasteiger partial charge in [-0.1, -0.05) is 0 Å². The Morgan fingerprint density at radius 3 is 2.28 bits per heavy atom. The first-order valence-corrected chi connectivity index (χ1v) is 13.7. The van der Waals surface area contributed by atoms with E-state index in [0.29, 0.717) is 48.3 Å². The Hall–Kier alpha value is -2.46. The molecule has 39 heavy (non-hydrogen) atoms. The molecule has 3 fully saturated rings. The monoisotopic (exact) mass is 578 g/mol. The number of likely N-dealkylation sites (tertiary alicyclic amines) is 1. The number of halogens is 3. The summed E-state index contributed by atoms with van der Waals surface area (Å²) in [5.41, 5.74) is 1.80. The average Bonchev–Trinajstić information content (AvgIpc) is 3.59. The number of hydrogen-bond acceptors (Lipinski definition) is 6. The van der Waals surface area contributed by atoms with Crippen LogP contribution in [0.1, 0.15) is 57.4 Å². The second-order valence-corrected chi connectivity index (χ2v) is 10.5. The SMILES string of the molecule is Cl.Cl.O=c1n(C2CCOCC2)cc(-c2ccnc(NC3CCC(N4CCCC4)CC3)n2)n1-c1ccc(F)cc1. The lowest BCUT2D eigenvalue weighted by atomic mass is 9.90. The van der Waals surface area contributed by atoms with Crippen LogP contribution >= 0.6 is 24.8 Å². The molecule has 3 aliphatic rings. The van der Waals surface area contributed by atoms with Crippen molar-refractivity contribution in [2.45, 2.75) is 69.5 Å². The van der Waals surface area contributed by atoms with E-state index in [1.54, 1.807) is 27.5 Å². The number of aromatic nitrogens is 4. The zero-order valence-corrected chi connectivity index (χ0v) is 23.6. The van der Waals surface area contributed by atoms with E-state index in [2.05, 4.69) is 15.2 Å². The number of nitrogens with zero attached hydrogens (tertiary/aromatic N) is 5. The molecule has 1 saturated carbocycles. The van der Waals surface area contributed by atoms with Crippen LogP contribution in [0.5, 0.6) is 0 Å². The minimum atomic E-state index is -0.338. The minimum Gasteiger partial charge on any atom is -0.381 e. The summed E-state index contributed by atoms with van der Waals surface area (Å²) in [5, 5.41) is 3.55. The van der Waals surface area contributed by atoms with E-state index >= 15 is 0 Å². The van der Waals surface area contributed by atoms with Crippen LogP contribution < -0.4 is 11.0 Å². The van der Waals surface area contributed by atoms with Gasteiger partial charge < -0.3 is 15.0 Å². The van der Waals surface area contributed by atoms with Crippen LogP contribution in [0.15, 0.2) is 47.5 Å². The van der Waals surface area contributed by atoms with E-state index in [9.17, 15) is 9.18 Å². The van der Waals surface area contributed by atoms with Crippen LogP contribution in [0.2, 0.25) is 0 Å². The van der Waals surface area contributed by atoms with Gasteiger partial charge in [0.05, 0.1) is 17.1 Å². The summed E-state index contributed by atoms with van der Waals surface area (Å²) < 4.78 is 22.6. The van der Waals surface area contributed by atoms with E-state index in [1.807, 2.05) is 12.3 Å². The molecule has 212 valence electrons. The third-order valence-electron chi connectivity index (χ3n) is 8.19. The van der Waals surface area contributed by atoms with Gasteiger partial charge in [-0.2, -0.15) is 0 Å². The summed E-state index contributed by atoms with van der Waals surface area (Å²) in [5.74, 6) is 0.245. The molecule has 1 N–H and O–H groups in total. The first-order chi connectivity index (χ1) is 18.2. The molecule has 2 aromatic heterocycles. The largest absolute Gasteiger partial charge is 0.381 e. The molecule has 0 atom stereocenters. The van der Waals surface area contributed by atoms with Crippen LogP contribution in [0.25, 0.3) is 17.1 Å². The van der Waals surface area contributed by atoms with Crippen molar-refractivity contribution in [1.29, 1.82) is 0 Å². The molecule has 0 unspecified atom stereocenters. The van der Waals surface area contributed by atoms with Gasteiger partial charge in [0.25, 0.3) is 0 Å². The lowest BCUT2D eigenvalue weighted by molar-refractivity contribution is 0.0686. The second-order valence-electron chi connectivity index (χ2n) is 10.5. The van der Waals surface area contributed by atoms with Gasteiger partial charge in [-0.3, -0.25) is 9.13 Å². The first kappa shape index (κ1) is 29.5. The van der Waals surface area contributed by atoms with E-state index in [0.717, 1.165) is 25.7 Å². The molecule has 3 aromatic rings. The van der Waals surface area contributed by atoms with Crippen molar-refractivity contribution in [1.82, 2.24) is 24.0 Å². The maximum absolute atomic E-state index is 13.7. The standard InChI is InChI=1S/C28H35FN6O2.2ClH/c29-20-3-7-24(8-4-20)35-26(19-34(28(35)36)23-12-17-37-18-13-23)25-11-14-30-27(32-25)31-21-5-9-22(10-6-21)33-15-1-2-16-33;;/h3-4,7-8,11,14,19,21-23H,1-2,5-6,9-10,12-13,15-18H2,(H,30,31,32);2*1H. The highest BCUT2D eigenvalue weighted by Crippen LogP contribution is 2.29. The van der Waals surface area contributed by atoms with Crippen molar-refractivity contribution in [2.75, 3.05) is 31.6 Å². The molecular formula is C28H37Cl2FN6O2. The quantitative estimate of drug-likeness (QED) is 0.430. The van der Waals surface area contributed by atoms with E-state index < -0.39 is 0 Å². The maximum Gasteiger partial charge on any atom is 0.333 e. The van der Waals surface area contributed by atoms with Crippen LogP contribution in [-0.2, 0) is 4.74 Å². The fourth-order valence-corrected chi connectivity index (χ4v) is 6.15. The molecule has 1 aliphatic carbocycles. The lowest BCUT2D eigenvalue weighted by Crippen LogP contribution is -2.39. The molecule has 11 heteroatoms. The van der Waals surface area contributed by atoms with Crippen molar-refractivity contribution < 1.29 is 9.13 Å². The van der Waals surface area contributed by atoms with Crippen LogP contribution in [0.4, 0.5) is 10.3 Å². The summed E-state index contributed by atoms with van der Waals surface area (Å²) >= 11 is 0. The molecule has 4 heterocycles. The Morgan fingerprint density at radius 2 is 1.59 bits per heavy atom. The number of imidazole rings is 1. The van der Waals surface area contributed by atoms with Crippen LogP contribution in [0.3, 0.4) is 0 Å². The predicted molar refractivity (Wildman–Crippen MR) is 155 cm³/mol. The maximum atomic E-state index is 13.7. The molecule has 0 bridgehead atoms. The molecule has 1 aromatic carbocycles. The van der Waals surface area contributed by atoms with Gasteiger partial charge in [0.2, 0.25) is 5.95 Å². The van der Waals surface area contributed by atoms with Gasteiger partial charge >= 0.3 is 5.69 Å². The van der Waals surface area contributed by atoms with Crippen LogP contribution in [0, 0.1) is 5.82 Å². The second kappa shape index (κ2) is 13.3. The Labute approximate surface area is 240 Å². The Bertz CT molecular complexity index is 1260. The minimum absolute atomic E-state index is 0. The molecule has 0 spiro atoms. The molecule has 2 aliphatic heterocycles. The number of hydrogen-bond donors (Lipinski definition) is 1. The van der Waals surface area contributed by atoms with E-state index in [-0.39, 0.29) is 42.4 Å². The highest BCUT2D eigenvalue weighted by Gasteiger charge is 2.28. The van der Waals surface area contributed by atoms with Crippen LogP contribution in [-0.4, -0.2) is 62.4 Å². The van der Waals surface area contributed by atoms with E-state index in [1.165, 1.54) is 50.9 Å². The van der Waals surface area contributed by atoms with Gasteiger partial charge in [0.1, 0.15) is 5.82 Å². The highest BCUT2D eigenvalue weighted by molar-refractivity contribution is 5.85. The fraction of sp³-hybridized carbons (Fsp3) is 0.536. The third kappa shape index (κ3) is 6.48. The number of rotatable bonds is 6. The first-order valence-electron chi connectivity index (χ1n) is 13.7. The zero-order valence-electron chi connectivity index (χ0n) is 22.0. The average molecular weight is 580 g/mol. The normalized spacial score (nSPS) is 22.2. The third-order valence-corrected chi connectivity index (χ3v) is 8.19. The highest BCUT2D eigenvalue weighted by atomic mass is 35.5. The van der Waals surface area contributed by atoms with Gasteiger partial charge in [-0.25, -0.2) is 19.2 Å². The predicted octanol–water partition coefficient (Wildman–Crippen LogP) is 5.25. The van der Waals surface area contributed by atoms with Gasteiger partial charge in [0.15, 0.2) is 0 Å². The van der Waals surface area contributed by atoms with Gasteiger partial charge in [-0.05, 0) is 94.8 Å². The Balaban J connectivity index is 0.00000176. The molecule has 8 nitrogen and oxygen atoms in total. The topological polar surface area (TPSA) is 77.2 Å². The number of anilines is 1. The number of benzene rings is 1. The molecule has 6 rings (SSSR count). The zero-order chi connectivity index (χ0) is 25.2. The summed E-state index contributed by atoms with van der Waals surface area (Å²) in [6.07, 6.45) is 12.5. The summed E-state index contributed by atoms with van der Waals surface area (Å²) in [4.78, 5) is 25.6. The Morgan fingerprint density at radius 1 is 0.897 bits per heavy atom. The van der Waals surface area contributed by atoms with Gasteiger partial charge in [0, 0.05) is 43.7 Å². The van der Waals surface area contributed by atoms with Crippen molar-refractivity contribution in [3.63, 3.8) is 0 Å². The molecule has 0 radical (unpaired) electrons. The molecule has 0 amide bonds.